The molecule has 0 bridgehead atoms. The first-order valence-electron chi connectivity index (χ1n) is 11.8. The Balaban J connectivity index is 1.89. The molecule has 1 aromatic carbocycles. The van der Waals surface area contributed by atoms with Crippen LogP contribution in [0.3, 0.4) is 0 Å². The van der Waals surface area contributed by atoms with Gasteiger partial charge in [0.2, 0.25) is 11.8 Å². The molecule has 6 nitrogen and oxygen atoms in total. The lowest BCUT2D eigenvalue weighted by Crippen LogP contribution is -2.50. The van der Waals surface area contributed by atoms with Crippen LogP contribution in [-0.2, 0) is 15.8 Å². The molecule has 2 heterocycles. The van der Waals surface area contributed by atoms with E-state index in [0.717, 1.165) is 18.9 Å². The lowest BCUT2D eigenvalue weighted by molar-refractivity contribution is -0.141. The van der Waals surface area contributed by atoms with Crippen LogP contribution in [0.25, 0.3) is 0 Å². The third kappa shape index (κ3) is 4.86. The van der Waals surface area contributed by atoms with Crippen LogP contribution >= 0.6 is 0 Å². The van der Waals surface area contributed by atoms with E-state index in [2.05, 4.69) is 0 Å². The quantitative estimate of drug-likeness (QED) is 0.638. The van der Waals surface area contributed by atoms with E-state index in [1.807, 2.05) is 23.6 Å². The fourth-order valence-electron chi connectivity index (χ4n) is 5.45. The maximum absolute atomic E-state index is 13.5. The summed E-state index contributed by atoms with van der Waals surface area (Å²) in [6, 6.07) is 5.35. The van der Waals surface area contributed by atoms with Gasteiger partial charge in [0, 0.05) is 57.3 Å². The zero-order valence-corrected chi connectivity index (χ0v) is 20.3. The Morgan fingerprint density at radius 2 is 1.82 bits per heavy atom. The van der Waals surface area contributed by atoms with Gasteiger partial charge in [0.1, 0.15) is 0 Å². The molecule has 3 rings (SSSR count). The lowest BCUT2D eigenvalue weighted by atomic mass is 9.70. The molecule has 1 aromatic rings. The van der Waals surface area contributed by atoms with Gasteiger partial charge in [-0.05, 0) is 43.9 Å². The van der Waals surface area contributed by atoms with Crippen LogP contribution in [0.5, 0.6) is 0 Å². The average Bonchev–Trinajstić information content (AvgIpc) is 3.17. The summed E-state index contributed by atoms with van der Waals surface area (Å²) in [5.41, 5.74) is -1.44. The minimum Gasteiger partial charge on any atom is -0.370 e. The molecule has 0 N–H and O–H groups in total. The molecule has 34 heavy (non-hydrogen) atoms. The standard InChI is InChI=1S/C25H33F3N4O2/c1-5-17(6-2)22(33)31-11-9-24(10-12-31)16-32(15-21(24)23(34)30(3)4)19-8-7-18(14-29)20(13-19)25(26,27)28/h7-8,13,17,21H,5-6,9-12,15-16H2,1-4H3. The van der Waals surface area contributed by atoms with Crippen LogP contribution in [0, 0.1) is 28.6 Å². The number of carbonyl (C=O) groups excluding carboxylic acids is 2. The van der Waals surface area contributed by atoms with E-state index >= 15 is 0 Å². The van der Waals surface area contributed by atoms with E-state index in [9.17, 15) is 22.8 Å². The molecule has 2 fully saturated rings. The maximum atomic E-state index is 13.5. The molecule has 2 aliphatic heterocycles. The molecule has 2 saturated heterocycles. The van der Waals surface area contributed by atoms with E-state index in [1.165, 1.54) is 17.0 Å². The normalized spacial score (nSPS) is 20.0. The van der Waals surface area contributed by atoms with Crippen LogP contribution in [0.4, 0.5) is 18.9 Å². The van der Waals surface area contributed by atoms with Crippen molar-refractivity contribution in [2.45, 2.75) is 45.7 Å². The molecular weight excluding hydrogens is 445 g/mol. The number of alkyl halides is 3. The van der Waals surface area contributed by atoms with Gasteiger partial charge in [0.25, 0.3) is 0 Å². The Kier molecular flexibility index (Phi) is 7.49. The van der Waals surface area contributed by atoms with Crippen LogP contribution in [0.1, 0.15) is 50.7 Å². The van der Waals surface area contributed by atoms with Gasteiger partial charge < -0.3 is 14.7 Å². The van der Waals surface area contributed by atoms with Crippen LogP contribution in [0.15, 0.2) is 18.2 Å². The highest BCUT2D eigenvalue weighted by molar-refractivity contribution is 5.82. The molecule has 1 spiro atoms. The summed E-state index contributed by atoms with van der Waals surface area (Å²) in [6.07, 6.45) is -1.82. The van der Waals surface area contributed by atoms with Gasteiger partial charge in [-0.1, -0.05) is 13.8 Å². The number of halogens is 3. The largest absolute Gasteiger partial charge is 0.417 e. The Bertz CT molecular complexity index is 958. The number of anilines is 1. The van der Waals surface area contributed by atoms with Gasteiger partial charge in [-0.3, -0.25) is 9.59 Å². The van der Waals surface area contributed by atoms with Crippen molar-refractivity contribution in [2.75, 3.05) is 45.2 Å². The van der Waals surface area contributed by atoms with Crippen molar-refractivity contribution in [3.05, 3.63) is 29.3 Å². The Labute approximate surface area is 199 Å². The summed E-state index contributed by atoms with van der Waals surface area (Å²) in [5, 5.41) is 9.11. The zero-order chi connectivity index (χ0) is 25.3. The average molecular weight is 479 g/mol. The molecule has 1 unspecified atom stereocenters. The summed E-state index contributed by atoms with van der Waals surface area (Å²) in [5.74, 6) is -0.287. The Morgan fingerprint density at radius 3 is 2.32 bits per heavy atom. The Hall–Kier alpha value is -2.76. The third-order valence-corrected chi connectivity index (χ3v) is 7.59. The fraction of sp³-hybridized carbons (Fsp3) is 0.640. The molecule has 0 saturated carbocycles. The predicted octanol–water partition coefficient (Wildman–Crippen LogP) is 4.15. The highest BCUT2D eigenvalue weighted by atomic mass is 19.4. The van der Waals surface area contributed by atoms with Crippen molar-refractivity contribution in [1.29, 1.82) is 5.26 Å². The SMILES string of the molecule is CCC(CC)C(=O)N1CCC2(CC1)CN(c1ccc(C#N)c(C(F)(F)F)c1)CC2C(=O)N(C)C. The summed E-state index contributed by atoms with van der Waals surface area (Å²) >= 11 is 0. The zero-order valence-electron chi connectivity index (χ0n) is 20.3. The first-order chi connectivity index (χ1) is 16.0. The monoisotopic (exact) mass is 478 g/mol. The highest BCUT2D eigenvalue weighted by Gasteiger charge is 2.52. The minimum atomic E-state index is -4.64. The van der Waals surface area contributed by atoms with Crippen LogP contribution in [0.2, 0.25) is 0 Å². The van der Waals surface area contributed by atoms with E-state index < -0.39 is 22.7 Å². The number of carbonyl (C=O) groups is 2. The number of nitriles is 1. The summed E-state index contributed by atoms with van der Waals surface area (Å²) in [6.45, 7) is 5.84. The predicted molar refractivity (Wildman–Crippen MR) is 123 cm³/mol. The molecule has 1 atom stereocenters. The second-order valence-corrected chi connectivity index (χ2v) is 9.71. The summed E-state index contributed by atoms with van der Waals surface area (Å²) in [4.78, 5) is 31.3. The number of rotatable bonds is 5. The summed E-state index contributed by atoms with van der Waals surface area (Å²) in [7, 11) is 3.38. The summed E-state index contributed by atoms with van der Waals surface area (Å²) < 4.78 is 40.6. The molecule has 0 aliphatic carbocycles. The van der Waals surface area contributed by atoms with Crippen molar-refractivity contribution >= 4 is 17.5 Å². The van der Waals surface area contributed by atoms with Gasteiger partial charge in [-0.25, -0.2) is 0 Å². The van der Waals surface area contributed by atoms with Crippen molar-refractivity contribution in [3.63, 3.8) is 0 Å². The first kappa shape index (κ1) is 25.9. The second kappa shape index (κ2) is 9.85. The second-order valence-electron chi connectivity index (χ2n) is 9.71. The van der Waals surface area contributed by atoms with Crippen molar-refractivity contribution in [2.24, 2.45) is 17.3 Å². The van der Waals surface area contributed by atoms with Crippen LogP contribution < -0.4 is 4.90 Å². The van der Waals surface area contributed by atoms with Gasteiger partial charge in [0.15, 0.2) is 0 Å². The van der Waals surface area contributed by atoms with Crippen LogP contribution in [-0.4, -0.2) is 61.9 Å². The lowest BCUT2D eigenvalue weighted by Gasteiger charge is -2.43. The molecule has 9 heteroatoms. The van der Waals surface area contributed by atoms with E-state index in [0.29, 0.717) is 44.7 Å². The Morgan fingerprint density at radius 1 is 1.21 bits per heavy atom. The van der Waals surface area contributed by atoms with Gasteiger partial charge in [-0.15, -0.1) is 0 Å². The van der Waals surface area contributed by atoms with Gasteiger partial charge in [0.05, 0.1) is 23.1 Å². The third-order valence-electron chi connectivity index (χ3n) is 7.59. The molecule has 2 amide bonds. The number of likely N-dealkylation sites (tertiary alicyclic amines) is 1. The number of amides is 2. The fourth-order valence-corrected chi connectivity index (χ4v) is 5.45. The number of hydrogen-bond donors (Lipinski definition) is 0. The molecular formula is C25H33F3N4O2. The van der Waals surface area contributed by atoms with Crippen molar-refractivity contribution in [3.8, 4) is 6.07 Å². The molecule has 186 valence electrons. The van der Waals surface area contributed by atoms with Crippen molar-refractivity contribution in [1.82, 2.24) is 9.80 Å². The van der Waals surface area contributed by atoms with E-state index in [1.54, 1.807) is 20.2 Å². The smallest absolute Gasteiger partial charge is 0.370 e. The van der Waals surface area contributed by atoms with Gasteiger partial charge in [-0.2, -0.15) is 18.4 Å². The number of nitrogens with zero attached hydrogens (tertiary/aromatic N) is 4. The minimum absolute atomic E-state index is 0.00670. The van der Waals surface area contributed by atoms with E-state index in [4.69, 9.17) is 5.26 Å². The highest BCUT2D eigenvalue weighted by Crippen LogP contribution is 2.47. The van der Waals surface area contributed by atoms with Crippen molar-refractivity contribution < 1.29 is 22.8 Å². The number of hydrogen-bond acceptors (Lipinski definition) is 4. The number of benzene rings is 1. The first-order valence-corrected chi connectivity index (χ1v) is 11.8. The maximum Gasteiger partial charge on any atom is 0.417 e. The molecule has 2 aliphatic rings. The topological polar surface area (TPSA) is 67.6 Å². The van der Waals surface area contributed by atoms with Gasteiger partial charge >= 0.3 is 6.18 Å². The molecule has 0 radical (unpaired) electrons. The number of piperidine rings is 1. The van der Waals surface area contributed by atoms with E-state index in [-0.39, 0.29) is 23.7 Å². The molecule has 0 aromatic heterocycles.